The van der Waals surface area contributed by atoms with Crippen LogP contribution in [0.15, 0.2) is 18.2 Å². The summed E-state index contributed by atoms with van der Waals surface area (Å²) in [5.74, 6) is 0.493. The molecule has 0 heterocycles. The molecule has 0 fully saturated rings. The quantitative estimate of drug-likeness (QED) is 0.514. The van der Waals surface area contributed by atoms with Crippen LogP contribution in [0.1, 0.15) is 12.0 Å². The average molecular weight is 243 g/mol. The summed E-state index contributed by atoms with van der Waals surface area (Å²) in [6, 6.07) is 4.74. The molecule has 1 rings (SSSR count). The van der Waals surface area contributed by atoms with Crippen molar-refractivity contribution in [2.75, 3.05) is 18.6 Å². The van der Waals surface area contributed by atoms with Crippen molar-refractivity contribution in [3.63, 3.8) is 0 Å². The van der Waals surface area contributed by atoms with Crippen molar-refractivity contribution in [2.24, 2.45) is 0 Å². The molecule has 0 bridgehead atoms. The van der Waals surface area contributed by atoms with Crippen LogP contribution in [-0.2, 0) is 17.3 Å². The Morgan fingerprint density at radius 3 is 2.69 bits per heavy atom. The lowest BCUT2D eigenvalue weighted by Gasteiger charge is -2.05. The first kappa shape index (κ1) is 13.0. The summed E-state index contributed by atoms with van der Waals surface area (Å²) in [6.07, 6.45) is 2.56. The Hall–Kier alpha value is -1.07. The number of phenols is 2. The Bertz CT molecular complexity index is 368. The first-order valence-electron chi connectivity index (χ1n) is 5.11. The molecule has 0 saturated heterocycles. The van der Waals surface area contributed by atoms with E-state index in [1.165, 1.54) is 12.1 Å². The van der Waals surface area contributed by atoms with Crippen molar-refractivity contribution in [1.82, 2.24) is 5.32 Å². The van der Waals surface area contributed by atoms with Crippen LogP contribution in [0.2, 0.25) is 0 Å². The molecule has 1 aromatic carbocycles. The Kier molecular flexibility index (Phi) is 5.28. The summed E-state index contributed by atoms with van der Waals surface area (Å²) >= 11 is 0. The third-order valence-electron chi connectivity index (χ3n) is 2.15. The van der Waals surface area contributed by atoms with Gasteiger partial charge in [0.25, 0.3) is 0 Å². The van der Waals surface area contributed by atoms with E-state index in [9.17, 15) is 9.32 Å². The van der Waals surface area contributed by atoms with Gasteiger partial charge >= 0.3 is 0 Å². The molecule has 1 atom stereocenters. The van der Waals surface area contributed by atoms with Crippen LogP contribution >= 0.6 is 0 Å². The second-order valence-corrected chi connectivity index (χ2v) is 5.19. The van der Waals surface area contributed by atoms with Gasteiger partial charge in [-0.2, -0.15) is 0 Å². The van der Waals surface area contributed by atoms with Gasteiger partial charge < -0.3 is 15.5 Å². The third-order valence-corrected chi connectivity index (χ3v) is 3.02. The lowest BCUT2D eigenvalue weighted by Crippen LogP contribution is -2.16. The fourth-order valence-electron chi connectivity index (χ4n) is 1.31. The van der Waals surface area contributed by atoms with E-state index < -0.39 is 10.8 Å². The average Bonchev–Trinajstić information content (AvgIpc) is 2.22. The molecule has 0 aliphatic heterocycles. The van der Waals surface area contributed by atoms with Crippen molar-refractivity contribution >= 4 is 10.8 Å². The summed E-state index contributed by atoms with van der Waals surface area (Å²) in [5.41, 5.74) is 0.910. The summed E-state index contributed by atoms with van der Waals surface area (Å²) in [4.78, 5) is 0. The molecule has 4 nitrogen and oxygen atoms in total. The Labute approximate surface area is 97.8 Å². The molecular formula is C11H17NO3S. The van der Waals surface area contributed by atoms with Crippen LogP contribution in [0, 0.1) is 0 Å². The Balaban J connectivity index is 2.27. The minimum atomic E-state index is -0.733. The van der Waals surface area contributed by atoms with E-state index in [2.05, 4.69) is 5.32 Å². The highest BCUT2D eigenvalue weighted by Crippen LogP contribution is 2.24. The highest BCUT2D eigenvalue weighted by molar-refractivity contribution is 7.84. The van der Waals surface area contributed by atoms with Gasteiger partial charge in [0, 0.05) is 29.4 Å². The number of aromatic hydroxyl groups is 2. The molecule has 0 amide bonds. The molecule has 5 heteroatoms. The van der Waals surface area contributed by atoms with E-state index in [4.69, 9.17) is 5.11 Å². The standard InChI is InChI=1S/C11H17NO3S/c1-16(15)6-2-5-12-8-9-3-4-10(13)11(14)7-9/h3-4,7,12-14H,2,5-6,8H2,1H3. The number of hydrogen-bond donors (Lipinski definition) is 3. The number of phenolic OH excluding ortho intramolecular Hbond substituents is 2. The molecule has 3 N–H and O–H groups in total. The molecule has 0 aliphatic rings. The van der Waals surface area contributed by atoms with Crippen molar-refractivity contribution in [1.29, 1.82) is 0 Å². The Morgan fingerprint density at radius 2 is 2.06 bits per heavy atom. The van der Waals surface area contributed by atoms with Crippen LogP contribution in [0.25, 0.3) is 0 Å². The highest BCUT2D eigenvalue weighted by atomic mass is 32.2. The minimum Gasteiger partial charge on any atom is -0.504 e. The number of nitrogens with one attached hydrogen (secondary N) is 1. The fourth-order valence-corrected chi connectivity index (χ4v) is 1.86. The van der Waals surface area contributed by atoms with Crippen LogP contribution in [0.5, 0.6) is 11.5 Å². The van der Waals surface area contributed by atoms with E-state index in [1.54, 1.807) is 12.3 Å². The van der Waals surface area contributed by atoms with Crippen molar-refractivity contribution in [3.8, 4) is 11.5 Å². The highest BCUT2D eigenvalue weighted by Gasteiger charge is 2.00. The maximum absolute atomic E-state index is 10.8. The van der Waals surface area contributed by atoms with Crippen LogP contribution in [0.3, 0.4) is 0 Å². The monoisotopic (exact) mass is 243 g/mol. The predicted octanol–water partition coefficient (Wildman–Crippen LogP) is 0.956. The van der Waals surface area contributed by atoms with Gasteiger partial charge in [-0.15, -0.1) is 0 Å². The maximum atomic E-state index is 10.8. The van der Waals surface area contributed by atoms with Gasteiger partial charge in [-0.3, -0.25) is 4.21 Å². The van der Waals surface area contributed by atoms with Crippen molar-refractivity contribution in [3.05, 3.63) is 23.8 Å². The molecule has 0 spiro atoms. The van der Waals surface area contributed by atoms with Gasteiger partial charge in [-0.1, -0.05) is 6.07 Å². The van der Waals surface area contributed by atoms with Gasteiger partial charge in [-0.25, -0.2) is 0 Å². The number of benzene rings is 1. The van der Waals surface area contributed by atoms with Crippen LogP contribution < -0.4 is 5.32 Å². The molecular weight excluding hydrogens is 226 g/mol. The van der Waals surface area contributed by atoms with Crippen LogP contribution in [0.4, 0.5) is 0 Å². The lowest BCUT2D eigenvalue weighted by atomic mass is 10.2. The van der Waals surface area contributed by atoms with E-state index in [0.717, 1.165) is 18.5 Å². The summed E-state index contributed by atoms with van der Waals surface area (Å²) in [7, 11) is -0.733. The third kappa shape index (κ3) is 4.63. The molecule has 16 heavy (non-hydrogen) atoms. The smallest absolute Gasteiger partial charge is 0.157 e. The first-order valence-corrected chi connectivity index (χ1v) is 6.84. The SMILES string of the molecule is CS(=O)CCCNCc1ccc(O)c(O)c1. The largest absolute Gasteiger partial charge is 0.504 e. The molecule has 1 aromatic rings. The van der Waals surface area contributed by atoms with E-state index in [-0.39, 0.29) is 11.5 Å². The van der Waals surface area contributed by atoms with E-state index >= 15 is 0 Å². The first-order chi connectivity index (χ1) is 7.59. The van der Waals surface area contributed by atoms with E-state index in [0.29, 0.717) is 12.3 Å². The van der Waals surface area contributed by atoms with Gasteiger partial charge in [0.1, 0.15) is 0 Å². The predicted molar refractivity (Wildman–Crippen MR) is 65.0 cm³/mol. The zero-order valence-electron chi connectivity index (χ0n) is 9.27. The maximum Gasteiger partial charge on any atom is 0.157 e. The van der Waals surface area contributed by atoms with Gasteiger partial charge in [0.15, 0.2) is 11.5 Å². The topological polar surface area (TPSA) is 69.6 Å². The summed E-state index contributed by atoms with van der Waals surface area (Å²) < 4.78 is 10.8. The van der Waals surface area contributed by atoms with E-state index in [1.807, 2.05) is 0 Å². The van der Waals surface area contributed by atoms with Gasteiger partial charge in [-0.05, 0) is 30.7 Å². The summed E-state index contributed by atoms with van der Waals surface area (Å²) in [6.45, 7) is 1.42. The van der Waals surface area contributed by atoms with Gasteiger partial charge in [0.05, 0.1) is 0 Å². The zero-order valence-corrected chi connectivity index (χ0v) is 10.1. The van der Waals surface area contributed by atoms with Gasteiger partial charge in [0.2, 0.25) is 0 Å². The number of hydrogen-bond acceptors (Lipinski definition) is 4. The molecule has 1 unspecified atom stereocenters. The molecule has 90 valence electrons. The zero-order chi connectivity index (χ0) is 12.0. The normalized spacial score (nSPS) is 12.6. The second kappa shape index (κ2) is 6.50. The fraction of sp³-hybridized carbons (Fsp3) is 0.455. The lowest BCUT2D eigenvalue weighted by molar-refractivity contribution is 0.403. The minimum absolute atomic E-state index is 0.103. The summed E-state index contributed by atoms with van der Waals surface area (Å²) in [5, 5.41) is 21.5. The number of rotatable bonds is 6. The molecule has 0 saturated carbocycles. The second-order valence-electron chi connectivity index (χ2n) is 3.63. The van der Waals surface area contributed by atoms with Crippen molar-refractivity contribution < 1.29 is 14.4 Å². The molecule has 0 aromatic heterocycles. The Morgan fingerprint density at radius 1 is 1.31 bits per heavy atom. The molecule has 0 aliphatic carbocycles. The van der Waals surface area contributed by atoms with Crippen LogP contribution in [-0.4, -0.2) is 33.0 Å². The van der Waals surface area contributed by atoms with Crippen molar-refractivity contribution in [2.45, 2.75) is 13.0 Å². The molecule has 0 radical (unpaired) electrons.